The minimum absolute atomic E-state index is 0.0879. The highest BCUT2D eigenvalue weighted by molar-refractivity contribution is 5.78. The molecule has 0 spiro atoms. The van der Waals surface area contributed by atoms with Crippen molar-refractivity contribution in [2.24, 2.45) is 5.41 Å². The second-order valence-electron chi connectivity index (χ2n) is 6.13. The maximum atomic E-state index is 11.5. The largest absolute Gasteiger partial charge is 0.461 e. The fraction of sp³-hybridized carbons (Fsp3) is 0.923. The van der Waals surface area contributed by atoms with Gasteiger partial charge < -0.3 is 14.2 Å². The van der Waals surface area contributed by atoms with Gasteiger partial charge in [0.15, 0.2) is 6.10 Å². The van der Waals surface area contributed by atoms with Crippen molar-refractivity contribution in [3.05, 3.63) is 0 Å². The van der Waals surface area contributed by atoms with Crippen molar-refractivity contribution in [3.63, 3.8) is 0 Å². The predicted molar refractivity (Wildman–Crippen MR) is 62.7 cm³/mol. The van der Waals surface area contributed by atoms with Crippen LogP contribution in [0.15, 0.2) is 0 Å². The van der Waals surface area contributed by atoms with E-state index in [-0.39, 0.29) is 24.3 Å². The van der Waals surface area contributed by atoms with Crippen molar-refractivity contribution in [3.8, 4) is 0 Å². The Balaban J connectivity index is 1.54. The molecule has 17 heavy (non-hydrogen) atoms. The van der Waals surface area contributed by atoms with Gasteiger partial charge in [-0.1, -0.05) is 27.2 Å². The van der Waals surface area contributed by atoms with Gasteiger partial charge in [0.25, 0.3) is 0 Å². The van der Waals surface area contributed by atoms with E-state index in [9.17, 15) is 4.79 Å². The van der Waals surface area contributed by atoms with Crippen LogP contribution in [0.2, 0.25) is 0 Å². The van der Waals surface area contributed by atoms with Crippen LogP contribution >= 0.6 is 0 Å². The number of hydrogen-bond donors (Lipinski definition) is 0. The minimum atomic E-state index is -0.311. The quantitative estimate of drug-likeness (QED) is 0.527. The summed E-state index contributed by atoms with van der Waals surface area (Å²) < 4.78 is 15.4. The molecule has 0 aromatic heterocycles. The van der Waals surface area contributed by atoms with Gasteiger partial charge >= 0.3 is 5.97 Å². The van der Waals surface area contributed by atoms with E-state index in [1.165, 1.54) is 0 Å². The molecule has 0 amide bonds. The lowest BCUT2D eigenvalue weighted by atomic mass is 9.89. The van der Waals surface area contributed by atoms with Crippen molar-refractivity contribution in [2.45, 2.75) is 58.3 Å². The third-order valence-corrected chi connectivity index (χ3v) is 3.04. The molecule has 0 radical (unpaired) electrons. The smallest absolute Gasteiger partial charge is 0.338 e. The zero-order valence-corrected chi connectivity index (χ0v) is 10.9. The van der Waals surface area contributed by atoms with Gasteiger partial charge in [-0.15, -0.1) is 0 Å². The molecule has 2 aliphatic rings. The Hall–Kier alpha value is -0.610. The zero-order valence-electron chi connectivity index (χ0n) is 10.9. The fourth-order valence-electron chi connectivity index (χ4n) is 1.82. The Morgan fingerprint density at radius 2 is 2.12 bits per heavy atom. The third-order valence-electron chi connectivity index (χ3n) is 3.04. The summed E-state index contributed by atoms with van der Waals surface area (Å²) in [5, 5.41) is 0. The molecular formula is C13H22O4. The number of carbonyl (C=O) groups is 1. The molecule has 3 unspecified atom stereocenters. The number of ether oxygens (including phenoxy) is 3. The van der Waals surface area contributed by atoms with Crippen molar-refractivity contribution in [1.82, 2.24) is 0 Å². The van der Waals surface area contributed by atoms with Crippen LogP contribution in [0.1, 0.15) is 40.0 Å². The molecule has 4 heteroatoms. The zero-order chi connectivity index (χ0) is 12.5. The van der Waals surface area contributed by atoms with Crippen LogP contribution in [0.25, 0.3) is 0 Å². The Labute approximate surface area is 103 Å². The molecule has 0 aromatic carbocycles. The summed E-state index contributed by atoms with van der Waals surface area (Å²) >= 11 is 0. The van der Waals surface area contributed by atoms with Crippen molar-refractivity contribution in [2.75, 3.05) is 13.2 Å². The number of hydrogen-bond acceptors (Lipinski definition) is 4. The lowest BCUT2D eigenvalue weighted by molar-refractivity contribution is -0.145. The average Bonchev–Trinajstić information content (AvgIpc) is 3.07. The maximum Gasteiger partial charge on any atom is 0.338 e. The van der Waals surface area contributed by atoms with Gasteiger partial charge in [0.2, 0.25) is 0 Å². The summed E-state index contributed by atoms with van der Waals surface area (Å²) in [5.41, 5.74) is 0.355. The average molecular weight is 242 g/mol. The summed E-state index contributed by atoms with van der Waals surface area (Å²) in [6.45, 7) is 7.77. The van der Waals surface area contributed by atoms with E-state index in [0.29, 0.717) is 18.6 Å². The first kappa shape index (κ1) is 12.8. The normalized spacial score (nSPS) is 31.1. The Morgan fingerprint density at radius 3 is 2.71 bits per heavy atom. The van der Waals surface area contributed by atoms with Gasteiger partial charge in [0, 0.05) is 0 Å². The molecule has 0 N–H and O–H groups in total. The minimum Gasteiger partial charge on any atom is -0.461 e. The first-order valence-electron chi connectivity index (χ1n) is 6.39. The Morgan fingerprint density at radius 1 is 1.41 bits per heavy atom. The van der Waals surface area contributed by atoms with E-state index in [1.807, 2.05) is 0 Å². The van der Waals surface area contributed by atoms with Crippen molar-refractivity contribution in [1.29, 1.82) is 0 Å². The van der Waals surface area contributed by atoms with E-state index in [0.717, 1.165) is 19.3 Å². The molecule has 98 valence electrons. The van der Waals surface area contributed by atoms with Gasteiger partial charge in [0.1, 0.15) is 12.7 Å². The van der Waals surface area contributed by atoms with Gasteiger partial charge in [-0.2, -0.15) is 0 Å². The van der Waals surface area contributed by atoms with Crippen LogP contribution in [0.5, 0.6) is 0 Å². The number of epoxide rings is 2. The molecule has 0 bridgehead atoms. The molecule has 3 atom stereocenters. The van der Waals surface area contributed by atoms with E-state index in [1.54, 1.807) is 0 Å². The lowest BCUT2D eigenvalue weighted by Gasteiger charge is -2.16. The highest BCUT2D eigenvalue weighted by Gasteiger charge is 2.46. The van der Waals surface area contributed by atoms with Crippen LogP contribution in [0, 0.1) is 5.41 Å². The van der Waals surface area contributed by atoms with Crippen molar-refractivity contribution < 1.29 is 19.0 Å². The van der Waals surface area contributed by atoms with Gasteiger partial charge in [-0.3, -0.25) is 0 Å². The molecule has 2 fully saturated rings. The van der Waals surface area contributed by atoms with Crippen LogP contribution < -0.4 is 0 Å². The van der Waals surface area contributed by atoms with E-state index in [4.69, 9.17) is 14.2 Å². The topological polar surface area (TPSA) is 51.4 Å². The van der Waals surface area contributed by atoms with E-state index in [2.05, 4.69) is 20.8 Å². The molecule has 0 aliphatic carbocycles. The second-order valence-corrected chi connectivity index (χ2v) is 6.13. The molecule has 2 heterocycles. The summed E-state index contributed by atoms with van der Waals surface area (Å²) in [7, 11) is 0. The molecule has 2 aliphatic heterocycles. The summed E-state index contributed by atoms with van der Waals surface area (Å²) in [5.74, 6) is -0.221. The molecule has 2 rings (SSSR count). The first-order chi connectivity index (χ1) is 7.96. The molecule has 0 saturated carbocycles. The standard InChI is InChI=1S/C13H22O4/c1-13(2,3)6-4-5-10-11(17-10)12(14)16-8-9-7-15-9/h9-11H,4-8H2,1-3H3. The van der Waals surface area contributed by atoms with E-state index >= 15 is 0 Å². The summed E-state index contributed by atoms with van der Waals surface area (Å²) in [6, 6.07) is 0. The summed E-state index contributed by atoms with van der Waals surface area (Å²) in [4.78, 5) is 11.5. The van der Waals surface area contributed by atoms with Crippen LogP contribution in [0.3, 0.4) is 0 Å². The molecular weight excluding hydrogens is 220 g/mol. The Kier molecular flexibility index (Phi) is 3.73. The Bertz CT molecular complexity index is 278. The fourth-order valence-corrected chi connectivity index (χ4v) is 1.82. The highest BCUT2D eigenvalue weighted by Crippen LogP contribution is 2.31. The third kappa shape index (κ3) is 4.64. The van der Waals surface area contributed by atoms with Crippen LogP contribution in [0.4, 0.5) is 0 Å². The number of carbonyl (C=O) groups excluding carboxylic acids is 1. The van der Waals surface area contributed by atoms with Crippen molar-refractivity contribution >= 4 is 5.97 Å². The SMILES string of the molecule is CC(C)(C)CCCC1OC1C(=O)OCC1CO1. The first-order valence-corrected chi connectivity index (χ1v) is 6.39. The van der Waals surface area contributed by atoms with Gasteiger partial charge in [0.05, 0.1) is 12.7 Å². The molecule has 2 saturated heterocycles. The maximum absolute atomic E-state index is 11.5. The number of rotatable bonds is 6. The monoisotopic (exact) mass is 242 g/mol. The van der Waals surface area contributed by atoms with Crippen LogP contribution in [-0.2, 0) is 19.0 Å². The second kappa shape index (κ2) is 4.94. The highest BCUT2D eigenvalue weighted by atomic mass is 16.7. The van der Waals surface area contributed by atoms with Gasteiger partial charge in [-0.05, 0) is 18.3 Å². The van der Waals surface area contributed by atoms with Gasteiger partial charge in [-0.25, -0.2) is 4.79 Å². The lowest BCUT2D eigenvalue weighted by Crippen LogP contribution is -2.17. The molecule has 0 aromatic rings. The molecule has 4 nitrogen and oxygen atoms in total. The predicted octanol–water partition coefficient (Wildman–Crippen LogP) is 1.91. The number of esters is 1. The summed E-state index contributed by atoms with van der Waals surface area (Å²) in [6.07, 6.45) is 3.13. The van der Waals surface area contributed by atoms with E-state index < -0.39 is 0 Å². The van der Waals surface area contributed by atoms with Crippen LogP contribution in [-0.4, -0.2) is 37.5 Å².